The molecular weight excluding hydrogens is 178 g/mol. The van der Waals surface area contributed by atoms with Gasteiger partial charge < -0.3 is 10.4 Å². The maximum Gasteiger partial charge on any atom is 0.0662 e. The van der Waals surface area contributed by atoms with Crippen molar-refractivity contribution in [2.24, 2.45) is 0 Å². The van der Waals surface area contributed by atoms with Gasteiger partial charge in [0.05, 0.1) is 11.8 Å². The summed E-state index contributed by atoms with van der Waals surface area (Å²) in [5, 5.41) is 16.7. The number of hydrogen-bond acceptors (Lipinski definition) is 3. The summed E-state index contributed by atoms with van der Waals surface area (Å²) < 4.78 is 1.95. The number of aliphatic hydroxyl groups is 1. The maximum absolute atomic E-state index is 9.33. The Labute approximate surface area is 84.9 Å². The molecule has 0 saturated heterocycles. The van der Waals surface area contributed by atoms with Crippen LogP contribution in [-0.2, 0) is 13.1 Å². The third-order valence-corrected chi connectivity index (χ3v) is 2.26. The van der Waals surface area contributed by atoms with E-state index in [2.05, 4.69) is 17.3 Å². The van der Waals surface area contributed by atoms with Crippen molar-refractivity contribution in [1.29, 1.82) is 0 Å². The van der Waals surface area contributed by atoms with E-state index in [0.717, 1.165) is 25.2 Å². The largest absolute Gasteiger partial charge is 0.392 e. The Morgan fingerprint density at radius 1 is 1.57 bits per heavy atom. The van der Waals surface area contributed by atoms with Crippen LogP contribution in [0.25, 0.3) is 0 Å². The molecule has 4 nitrogen and oxygen atoms in total. The van der Waals surface area contributed by atoms with Crippen molar-refractivity contribution in [3.8, 4) is 0 Å². The second-order valence-electron chi connectivity index (χ2n) is 3.33. The van der Waals surface area contributed by atoms with Crippen LogP contribution in [0.15, 0.2) is 12.3 Å². The summed E-state index contributed by atoms with van der Waals surface area (Å²) in [5.41, 5.74) is 1.16. The normalized spacial score (nSPS) is 13.1. The minimum absolute atomic E-state index is 0.243. The fraction of sp³-hybridized carbons (Fsp3) is 0.700. The van der Waals surface area contributed by atoms with Crippen molar-refractivity contribution in [2.75, 3.05) is 6.54 Å². The average molecular weight is 197 g/mol. The molecule has 0 aliphatic rings. The zero-order chi connectivity index (χ0) is 10.4. The Balaban J connectivity index is 2.31. The van der Waals surface area contributed by atoms with Crippen molar-refractivity contribution in [3.05, 3.63) is 18.0 Å². The van der Waals surface area contributed by atoms with E-state index in [1.807, 2.05) is 17.7 Å². The van der Waals surface area contributed by atoms with Gasteiger partial charge in [-0.2, -0.15) is 5.10 Å². The molecule has 0 aliphatic carbocycles. The molecule has 1 unspecified atom stereocenters. The number of nitrogens with zero attached hydrogens (tertiary/aromatic N) is 2. The van der Waals surface area contributed by atoms with Crippen LogP contribution in [0.4, 0.5) is 0 Å². The Kier molecular flexibility index (Phi) is 4.62. The lowest BCUT2D eigenvalue weighted by atomic mass is 10.3. The molecule has 0 saturated carbocycles. The van der Waals surface area contributed by atoms with Crippen LogP contribution in [0.2, 0.25) is 0 Å². The predicted molar refractivity (Wildman–Crippen MR) is 55.9 cm³/mol. The fourth-order valence-corrected chi connectivity index (χ4v) is 1.31. The summed E-state index contributed by atoms with van der Waals surface area (Å²) in [7, 11) is 0. The van der Waals surface area contributed by atoms with E-state index in [-0.39, 0.29) is 6.10 Å². The van der Waals surface area contributed by atoms with Crippen LogP contribution in [0.3, 0.4) is 0 Å². The van der Waals surface area contributed by atoms with Gasteiger partial charge in [-0.3, -0.25) is 4.68 Å². The highest BCUT2D eigenvalue weighted by Gasteiger charge is 2.02. The summed E-state index contributed by atoms with van der Waals surface area (Å²) in [6.45, 7) is 6.34. The van der Waals surface area contributed by atoms with E-state index in [4.69, 9.17) is 0 Å². The standard InChI is InChI=1S/C10H19N3O/c1-3-10(14)8-11-7-9-5-6-12-13(9)4-2/h5-6,10-11,14H,3-4,7-8H2,1-2H3. The van der Waals surface area contributed by atoms with Crippen molar-refractivity contribution in [1.82, 2.24) is 15.1 Å². The van der Waals surface area contributed by atoms with Gasteiger partial charge in [0.15, 0.2) is 0 Å². The van der Waals surface area contributed by atoms with Crippen molar-refractivity contribution >= 4 is 0 Å². The van der Waals surface area contributed by atoms with E-state index >= 15 is 0 Å². The Morgan fingerprint density at radius 3 is 3.00 bits per heavy atom. The molecule has 1 aromatic heterocycles. The first-order valence-corrected chi connectivity index (χ1v) is 5.17. The molecule has 4 heteroatoms. The van der Waals surface area contributed by atoms with Gasteiger partial charge in [0, 0.05) is 25.8 Å². The first kappa shape index (κ1) is 11.2. The van der Waals surface area contributed by atoms with E-state index in [9.17, 15) is 5.11 Å². The molecule has 0 aliphatic heterocycles. The molecule has 0 bridgehead atoms. The van der Waals surface area contributed by atoms with E-state index in [1.54, 1.807) is 6.20 Å². The number of aliphatic hydroxyl groups excluding tert-OH is 1. The van der Waals surface area contributed by atoms with Crippen LogP contribution >= 0.6 is 0 Å². The average Bonchev–Trinajstić information content (AvgIpc) is 2.65. The zero-order valence-electron chi connectivity index (χ0n) is 8.90. The summed E-state index contributed by atoms with van der Waals surface area (Å²) in [6, 6.07) is 1.99. The zero-order valence-corrected chi connectivity index (χ0v) is 8.90. The number of rotatable bonds is 6. The number of hydrogen-bond donors (Lipinski definition) is 2. The lowest BCUT2D eigenvalue weighted by molar-refractivity contribution is 0.167. The second kappa shape index (κ2) is 5.78. The van der Waals surface area contributed by atoms with Crippen molar-refractivity contribution in [3.63, 3.8) is 0 Å². The van der Waals surface area contributed by atoms with Gasteiger partial charge >= 0.3 is 0 Å². The number of aryl methyl sites for hydroxylation is 1. The molecule has 0 spiro atoms. The van der Waals surface area contributed by atoms with E-state index < -0.39 is 0 Å². The molecule has 80 valence electrons. The molecule has 14 heavy (non-hydrogen) atoms. The van der Waals surface area contributed by atoms with Gasteiger partial charge in [-0.25, -0.2) is 0 Å². The molecule has 1 aromatic rings. The molecule has 1 rings (SSSR count). The first-order valence-electron chi connectivity index (χ1n) is 5.17. The molecular formula is C10H19N3O. The highest BCUT2D eigenvalue weighted by Crippen LogP contribution is 1.98. The first-order chi connectivity index (χ1) is 6.77. The van der Waals surface area contributed by atoms with Crippen LogP contribution in [0.5, 0.6) is 0 Å². The maximum atomic E-state index is 9.33. The molecule has 0 fully saturated rings. The minimum atomic E-state index is -0.243. The van der Waals surface area contributed by atoms with Gasteiger partial charge in [-0.15, -0.1) is 0 Å². The number of nitrogens with one attached hydrogen (secondary N) is 1. The third-order valence-electron chi connectivity index (χ3n) is 2.26. The minimum Gasteiger partial charge on any atom is -0.392 e. The summed E-state index contributed by atoms with van der Waals surface area (Å²) >= 11 is 0. The highest BCUT2D eigenvalue weighted by molar-refractivity contribution is 4.99. The lowest BCUT2D eigenvalue weighted by Gasteiger charge is -2.09. The molecule has 1 heterocycles. The summed E-state index contributed by atoms with van der Waals surface area (Å²) in [5.74, 6) is 0. The molecule has 0 aromatic carbocycles. The Hall–Kier alpha value is -0.870. The Bertz CT molecular complexity index is 260. The van der Waals surface area contributed by atoms with E-state index in [1.165, 1.54) is 0 Å². The van der Waals surface area contributed by atoms with Crippen LogP contribution in [0, 0.1) is 0 Å². The SMILES string of the molecule is CCC(O)CNCc1ccnn1CC. The number of aromatic nitrogens is 2. The topological polar surface area (TPSA) is 50.1 Å². The second-order valence-corrected chi connectivity index (χ2v) is 3.33. The molecule has 2 N–H and O–H groups in total. The van der Waals surface area contributed by atoms with Gasteiger partial charge in [0.1, 0.15) is 0 Å². The van der Waals surface area contributed by atoms with Gasteiger partial charge in [0.25, 0.3) is 0 Å². The van der Waals surface area contributed by atoms with Gasteiger partial charge in [-0.05, 0) is 19.4 Å². The monoisotopic (exact) mass is 197 g/mol. The van der Waals surface area contributed by atoms with Gasteiger partial charge in [-0.1, -0.05) is 6.92 Å². The third kappa shape index (κ3) is 3.12. The Morgan fingerprint density at radius 2 is 2.36 bits per heavy atom. The molecule has 0 radical (unpaired) electrons. The van der Waals surface area contributed by atoms with Crippen LogP contribution < -0.4 is 5.32 Å². The van der Waals surface area contributed by atoms with Crippen LogP contribution in [-0.4, -0.2) is 27.5 Å². The van der Waals surface area contributed by atoms with E-state index in [0.29, 0.717) is 6.54 Å². The van der Waals surface area contributed by atoms with Gasteiger partial charge in [0.2, 0.25) is 0 Å². The highest BCUT2D eigenvalue weighted by atomic mass is 16.3. The van der Waals surface area contributed by atoms with Crippen molar-refractivity contribution in [2.45, 2.75) is 39.5 Å². The van der Waals surface area contributed by atoms with Crippen molar-refractivity contribution < 1.29 is 5.11 Å². The van der Waals surface area contributed by atoms with Crippen LogP contribution in [0.1, 0.15) is 26.0 Å². The lowest BCUT2D eigenvalue weighted by Crippen LogP contribution is -2.26. The molecule has 1 atom stereocenters. The quantitative estimate of drug-likeness (QED) is 0.708. The summed E-state index contributed by atoms with van der Waals surface area (Å²) in [4.78, 5) is 0. The molecule has 0 amide bonds. The fourth-order valence-electron chi connectivity index (χ4n) is 1.31. The smallest absolute Gasteiger partial charge is 0.0662 e. The predicted octanol–water partition coefficient (Wildman–Crippen LogP) is 0.763. The summed E-state index contributed by atoms with van der Waals surface area (Å²) in [6.07, 6.45) is 2.35.